The number of nitrogens with zero attached hydrogens (tertiary/aromatic N) is 2. The Hall–Kier alpha value is -1.40. The summed E-state index contributed by atoms with van der Waals surface area (Å²) in [6.45, 7) is 1.21. The van der Waals surface area contributed by atoms with Gasteiger partial charge in [-0.2, -0.15) is 4.98 Å². The van der Waals surface area contributed by atoms with E-state index in [1.54, 1.807) is 0 Å². The molecular formula is C9H10ClN3O3. The molecule has 0 aromatic carbocycles. The van der Waals surface area contributed by atoms with Crippen molar-refractivity contribution < 1.29 is 14.6 Å². The maximum absolute atomic E-state index is 10.9. The van der Waals surface area contributed by atoms with E-state index in [0.29, 0.717) is 13.2 Å². The lowest BCUT2D eigenvalue weighted by molar-refractivity contribution is 0.0697. The first-order valence-corrected chi connectivity index (χ1v) is 5.14. The maximum Gasteiger partial charge on any atom is 0.341 e. The SMILES string of the molecule is O=C(O)c1cnc(Cl)nc1NC1CCOC1. The highest BCUT2D eigenvalue weighted by Crippen LogP contribution is 2.17. The zero-order valence-corrected chi connectivity index (χ0v) is 9.07. The normalized spacial score (nSPS) is 19.7. The van der Waals surface area contributed by atoms with Gasteiger partial charge < -0.3 is 15.2 Å². The van der Waals surface area contributed by atoms with Crippen molar-refractivity contribution in [2.24, 2.45) is 0 Å². The van der Waals surface area contributed by atoms with Crippen molar-refractivity contribution >= 4 is 23.4 Å². The third kappa shape index (κ3) is 2.40. The Balaban J connectivity index is 2.22. The van der Waals surface area contributed by atoms with Crippen molar-refractivity contribution in [2.75, 3.05) is 18.5 Å². The summed E-state index contributed by atoms with van der Waals surface area (Å²) in [5.74, 6) is -0.846. The maximum atomic E-state index is 10.9. The summed E-state index contributed by atoms with van der Waals surface area (Å²) in [4.78, 5) is 18.4. The molecule has 1 aliphatic rings. The fourth-order valence-electron chi connectivity index (χ4n) is 1.47. The van der Waals surface area contributed by atoms with Crippen molar-refractivity contribution in [1.82, 2.24) is 9.97 Å². The summed E-state index contributed by atoms with van der Waals surface area (Å²) < 4.78 is 5.17. The van der Waals surface area contributed by atoms with E-state index < -0.39 is 5.97 Å². The largest absolute Gasteiger partial charge is 0.477 e. The fraction of sp³-hybridized carbons (Fsp3) is 0.444. The average Bonchev–Trinajstić information content (AvgIpc) is 2.70. The Kier molecular flexibility index (Phi) is 3.21. The molecular weight excluding hydrogens is 234 g/mol. The van der Waals surface area contributed by atoms with Crippen molar-refractivity contribution in [2.45, 2.75) is 12.5 Å². The summed E-state index contributed by atoms with van der Waals surface area (Å²) in [6.07, 6.45) is 2.01. The van der Waals surface area contributed by atoms with Gasteiger partial charge >= 0.3 is 5.97 Å². The Labute approximate surface area is 96.6 Å². The molecule has 86 valence electrons. The van der Waals surface area contributed by atoms with Gasteiger partial charge in [-0.15, -0.1) is 0 Å². The van der Waals surface area contributed by atoms with Crippen molar-refractivity contribution in [3.63, 3.8) is 0 Å². The number of hydrogen-bond acceptors (Lipinski definition) is 5. The predicted octanol–water partition coefficient (Wildman–Crippen LogP) is 1.03. The van der Waals surface area contributed by atoms with Crippen molar-refractivity contribution in [1.29, 1.82) is 0 Å². The standard InChI is InChI=1S/C9H10ClN3O3/c10-9-11-3-6(8(14)15)7(13-9)12-5-1-2-16-4-5/h3,5H,1-2,4H2,(H,14,15)(H,11,12,13). The average molecular weight is 244 g/mol. The van der Waals surface area contributed by atoms with Gasteiger partial charge in [0.2, 0.25) is 5.28 Å². The number of nitrogens with one attached hydrogen (secondary N) is 1. The zero-order valence-electron chi connectivity index (χ0n) is 8.31. The van der Waals surface area contributed by atoms with Crippen LogP contribution >= 0.6 is 11.6 Å². The zero-order chi connectivity index (χ0) is 11.5. The van der Waals surface area contributed by atoms with E-state index in [1.165, 1.54) is 6.20 Å². The molecule has 0 saturated carbocycles. The van der Waals surface area contributed by atoms with Crippen LogP contribution in [-0.2, 0) is 4.74 Å². The van der Waals surface area contributed by atoms with Gasteiger partial charge in [0.25, 0.3) is 0 Å². The molecule has 0 bridgehead atoms. The Morgan fingerprint density at radius 1 is 1.69 bits per heavy atom. The van der Waals surface area contributed by atoms with E-state index in [2.05, 4.69) is 15.3 Å². The van der Waals surface area contributed by atoms with Crippen LogP contribution < -0.4 is 5.32 Å². The molecule has 1 unspecified atom stereocenters. The monoisotopic (exact) mass is 243 g/mol. The summed E-state index contributed by atoms with van der Waals surface area (Å²) in [5, 5.41) is 11.9. The molecule has 1 fully saturated rings. The highest BCUT2D eigenvalue weighted by atomic mass is 35.5. The topological polar surface area (TPSA) is 84.3 Å². The molecule has 2 N–H and O–H groups in total. The molecule has 1 aliphatic heterocycles. The van der Waals surface area contributed by atoms with Crippen LogP contribution in [0, 0.1) is 0 Å². The number of aromatic carboxylic acids is 1. The highest BCUT2D eigenvalue weighted by molar-refractivity contribution is 6.28. The van der Waals surface area contributed by atoms with Gasteiger partial charge in [0.1, 0.15) is 11.4 Å². The van der Waals surface area contributed by atoms with Crippen molar-refractivity contribution in [3.8, 4) is 0 Å². The van der Waals surface area contributed by atoms with Gasteiger partial charge in [-0.25, -0.2) is 9.78 Å². The van der Waals surface area contributed by atoms with E-state index in [0.717, 1.165) is 6.42 Å². The third-order valence-electron chi connectivity index (χ3n) is 2.26. The summed E-state index contributed by atoms with van der Waals surface area (Å²) >= 11 is 5.62. The predicted molar refractivity (Wildman–Crippen MR) is 56.8 cm³/mol. The molecule has 1 aromatic rings. The van der Waals surface area contributed by atoms with Gasteiger partial charge in [0.15, 0.2) is 0 Å². The number of halogens is 1. The van der Waals surface area contributed by atoms with Crippen molar-refractivity contribution in [3.05, 3.63) is 17.0 Å². The lowest BCUT2D eigenvalue weighted by Crippen LogP contribution is -2.22. The molecule has 7 heteroatoms. The molecule has 0 radical (unpaired) electrons. The van der Waals surface area contributed by atoms with Gasteiger partial charge in [0, 0.05) is 12.8 Å². The van der Waals surface area contributed by atoms with Gasteiger partial charge in [-0.05, 0) is 18.0 Å². The van der Waals surface area contributed by atoms with Crippen LogP contribution in [0.3, 0.4) is 0 Å². The number of carbonyl (C=O) groups is 1. The van der Waals surface area contributed by atoms with Crippen LogP contribution in [0.25, 0.3) is 0 Å². The Bertz CT molecular complexity index is 407. The minimum Gasteiger partial charge on any atom is -0.477 e. The lowest BCUT2D eigenvalue weighted by Gasteiger charge is -2.12. The lowest BCUT2D eigenvalue weighted by atomic mass is 10.2. The first-order valence-electron chi connectivity index (χ1n) is 4.77. The summed E-state index contributed by atoms with van der Waals surface area (Å²) in [7, 11) is 0. The summed E-state index contributed by atoms with van der Waals surface area (Å²) in [5.41, 5.74) is 0.0105. The van der Waals surface area contributed by atoms with E-state index in [4.69, 9.17) is 21.4 Å². The Morgan fingerprint density at radius 2 is 2.50 bits per heavy atom. The molecule has 6 nitrogen and oxygen atoms in total. The van der Waals surface area contributed by atoms with Crippen LogP contribution in [0.5, 0.6) is 0 Å². The number of carboxylic acid groups (broad SMARTS) is 1. The minimum atomic E-state index is -1.09. The molecule has 0 amide bonds. The molecule has 16 heavy (non-hydrogen) atoms. The summed E-state index contributed by atoms with van der Waals surface area (Å²) in [6, 6.07) is 0.0732. The van der Waals surface area contributed by atoms with Crippen LogP contribution in [0.15, 0.2) is 6.20 Å². The smallest absolute Gasteiger partial charge is 0.341 e. The first-order chi connectivity index (χ1) is 7.66. The molecule has 0 spiro atoms. The van der Waals surface area contributed by atoms with E-state index in [-0.39, 0.29) is 22.7 Å². The van der Waals surface area contributed by atoms with Crippen LogP contribution in [0.1, 0.15) is 16.8 Å². The molecule has 1 atom stereocenters. The number of hydrogen-bond donors (Lipinski definition) is 2. The number of anilines is 1. The number of ether oxygens (including phenoxy) is 1. The van der Waals surface area contributed by atoms with E-state index >= 15 is 0 Å². The van der Waals surface area contributed by atoms with Crippen LogP contribution in [0.2, 0.25) is 5.28 Å². The quantitative estimate of drug-likeness (QED) is 0.772. The minimum absolute atomic E-state index is 0.0105. The first kappa shape index (κ1) is 11.1. The van der Waals surface area contributed by atoms with Crippen LogP contribution in [0.4, 0.5) is 5.82 Å². The van der Waals surface area contributed by atoms with Crippen LogP contribution in [-0.4, -0.2) is 40.3 Å². The highest BCUT2D eigenvalue weighted by Gasteiger charge is 2.20. The second kappa shape index (κ2) is 4.63. The second-order valence-corrected chi connectivity index (χ2v) is 3.75. The second-order valence-electron chi connectivity index (χ2n) is 3.41. The Morgan fingerprint density at radius 3 is 3.12 bits per heavy atom. The third-order valence-corrected chi connectivity index (χ3v) is 2.44. The molecule has 1 aromatic heterocycles. The molecule has 2 rings (SSSR count). The molecule has 2 heterocycles. The number of rotatable bonds is 3. The number of aromatic nitrogens is 2. The molecule has 0 aliphatic carbocycles. The molecule has 1 saturated heterocycles. The van der Waals surface area contributed by atoms with Gasteiger partial charge in [-0.1, -0.05) is 0 Å². The van der Waals surface area contributed by atoms with Gasteiger partial charge in [0.05, 0.1) is 12.6 Å². The van der Waals surface area contributed by atoms with E-state index in [9.17, 15) is 4.79 Å². The van der Waals surface area contributed by atoms with Gasteiger partial charge in [-0.3, -0.25) is 0 Å². The number of carboxylic acids is 1. The van der Waals surface area contributed by atoms with E-state index in [1.807, 2.05) is 0 Å². The fourth-order valence-corrected chi connectivity index (χ4v) is 1.60.